The van der Waals surface area contributed by atoms with Gasteiger partial charge in [-0.25, -0.2) is 4.79 Å². The first-order valence-electron chi connectivity index (χ1n) is 12.1. The maximum Gasteiger partial charge on any atom is 0.326 e. The molecular weight excluding hydrogens is 498 g/mol. The van der Waals surface area contributed by atoms with Crippen molar-refractivity contribution < 1.29 is 34.5 Å². The smallest absolute Gasteiger partial charge is 0.326 e. The van der Waals surface area contributed by atoms with Gasteiger partial charge >= 0.3 is 5.97 Å². The number of aliphatic imine (C=N–C) groups is 1. The minimum Gasteiger partial charge on any atom is -0.508 e. The molecule has 1 aromatic rings. The highest BCUT2D eigenvalue weighted by molar-refractivity contribution is 5.94. The Morgan fingerprint density at radius 1 is 0.921 bits per heavy atom. The summed E-state index contributed by atoms with van der Waals surface area (Å²) in [4.78, 5) is 54.1. The van der Waals surface area contributed by atoms with E-state index in [1.54, 1.807) is 13.8 Å². The molecule has 5 atom stereocenters. The number of aliphatic hydroxyl groups is 1. The van der Waals surface area contributed by atoms with E-state index in [2.05, 4.69) is 20.9 Å². The lowest BCUT2D eigenvalue weighted by atomic mass is 10.0. The molecule has 0 radical (unpaired) electrons. The monoisotopic (exact) mass is 537 g/mol. The number of aliphatic hydroxyl groups excluding tert-OH is 1. The van der Waals surface area contributed by atoms with Crippen molar-refractivity contribution in [1.82, 2.24) is 16.0 Å². The Labute approximate surface area is 221 Å². The van der Waals surface area contributed by atoms with E-state index >= 15 is 0 Å². The molecule has 0 heterocycles. The fraction of sp³-hybridized carbons (Fsp3) is 0.542. The Bertz CT molecular complexity index is 979. The molecule has 3 amide bonds. The predicted molar refractivity (Wildman–Crippen MR) is 140 cm³/mol. The van der Waals surface area contributed by atoms with Crippen molar-refractivity contribution in [2.45, 2.75) is 70.3 Å². The van der Waals surface area contributed by atoms with Gasteiger partial charge in [0.05, 0.1) is 12.1 Å². The van der Waals surface area contributed by atoms with Gasteiger partial charge in [0.25, 0.3) is 0 Å². The molecular formula is C24H39N7O7. The van der Waals surface area contributed by atoms with Crippen molar-refractivity contribution in [3.05, 3.63) is 29.8 Å². The van der Waals surface area contributed by atoms with Crippen molar-refractivity contribution in [3.63, 3.8) is 0 Å². The molecule has 0 bridgehead atoms. The number of aliphatic carboxylic acids is 1. The van der Waals surface area contributed by atoms with Crippen LogP contribution in [0.5, 0.6) is 5.75 Å². The van der Waals surface area contributed by atoms with Crippen molar-refractivity contribution in [1.29, 1.82) is 0 Å². The van der Waals surface area contributed by atoms with Crippen molar-refractivity contribution in [2.24, 2.45) is 28.1 Å². The molecule has 0 saturated carbocycles. The summed E-state index contributed by atoms with van der Waals surface area (Å²) < 4.78 is 0. The van der Waals surface area contributed by atoms with Gasteiger partial charge in [0.2, 0.25) is 17.7 Å². The molecule has 12 N–H and O–H groups in total. The molecule has 0 saturated heterocycles. The van der Waals surface area contributed by atoms with Crippen molar-refractivity contribution in [3.8, 4) is 5.75 Å². The number of phenolic OH excluding ortho intramolecular Hbond substituents is 1. The Hall–Kier alpha value is -3.91. The molecule has 1 rings (SSSR count). The molecule has 0 aliphatic rings. The number of nitrogens with one attached hydrogen (secondary N) is 3. The first kappa shape index (κ1) is 32.1. The Morgan fingerprint density at radius 2 is 1.50 bits per heavy atom. The van der Waals surface area contributed by atoms with Gasteiger partial charge in [-0.15, -0.1) is 0 Å². The number of phenols is 1. The van der Waals surface area contributed by atoms with Gasteiger partial charge in [-0.05, 0) is 43.4 Å². The van der Waals surface area contributed by atoms with Crippen molar-refractivity contribution in [2.75, 3.05) is 6.54 Å². The van der Waals surface area contributed by atoms with E-state index in [4.69, 9.17) is 17.2 Å². The Balaban J connectivity index is 3.07. The lowest BCUT2D eigenvalue weighted by Crippen LogP contribution is -2.60. The molecule has 0 spiro atoms. The number of hydrogen-bond acceptors (Lipinski definition) is 8. The summed E-state index contributed by atoms with van der Waals surface area (Å²) in [6.45, 7) is 4.86. The summed E-state index contributed by atoms with van der Waals surface area (Å²) in [5.41, 5.74) is 17.0. The highest BCUT2D eigenvalue weighted by Crippen LogP contribution is 2.12. The largest absolute Gasteiger partial charge is 0.508 e. The van der Waals surface area contributed by atoms with Crippen LogP contribution in [0.1, 0.15) is 39.2 Å². The molecule has 0 aliphatic carbocycles. The quantitative estimate of drug-likeness (QED) is 0.0668. The molecule has 5 unspecified atom stereocenters. The summed E-state index contributed by atoms with van der Waals surface area (Å²) >= 11 is 0. The van der Waals surface area contributed by atoms with Gasteiger partial charge in [0, 0.05) is 13.0 Å². The molecule has 14 nitrogen and oxygen atoms in total. The number of carboxylic acid groups (broad SMARTS) is 1. The third-order valence-electron chi connectivity index (χ3n) is 5.65. The van der Waals surface area contributed by atoms with Gasteiger partial charge in [-0.2, -0.15) is 0 Å². The average Bonchev–Trinajstić information content (AvgIpc) is 2.83. The second-order valence-electron chi connectivity index (χ2n) is 9.28. The highest BCUT2D eigenvalue weighted by atomic mass is 16.4. The summed E-state index contributed by atoms with van der Waals surface area (Å²) in [5, 5.41) is 36.5. The maximum absolute atomic E-state index is 13.1. The van der Waals surface area contributed by atoms with E-state index in [1.807, 2.05) is 0 Å². The number of carboxylic acids is 1. The fourth-order valence-corrected chi connectivity index (χ4v) is 3.33. The minimum atomic E-state index is -1.42. The van der Waals surface area contributed by atoms with E-state index in [0.29, 0.717) is 5.56 Å². The molecule has 0 aromatic heterocycles. The van der Waals surface area contributed by atoms with E-state index in [1.165, 1.54) is 31.2 Å². The minimum absolute atomic E-state index is 0.00215. The number of carbonyl (C=O) groups is 4. The molecule has 38 heavy (non-hydrogen) atoms. The number of hydrogen-bond donors (Lipinski definition) is 9. The third kappa shape index (κ3) is 11.0. The van der Waals surface area contributed by atoms with Crippen LogP contribution in [-0.2, 0) is 25.6 Å². The Kier molecular flexibility index (Phi) is 13.0. The van der Waals surface area contributed by atoms with Crippen LogP contribution in [0.25, 0.3) is 0 Å². The van der Waals surface area contributed by atoms with E-state index in [-0.39, 0.29) is 43.4 Å². The maximum atomic E-state index is 13.1. The first-order valence-corrected chi connectivity index (χ1v) is 12.1. The number of amides is 3. The molecule has 212 valence electrons. The second kappa shape index (κ2) is 15.4. The number of nitrogens with two attached hydrogens (primary N) is 3. The van der Waals surface area contributed by atoms with Crippen LogP contribution in [0.3, 0.4) is 0 Å². The van der Waals surface area contributed by atoms with Crippen LogP contribution in [0, 0.1) is 5.92 Å². The average molecular weight is 538 g/mol. The van der Waals surface area contributed by atoms with Crippen LogP contribution in [0.4, 0.5) is 0 Å². The van der Waals surface area contributed by atoms with Crippen LogP contribution in [0.2, 0.25) is 0 Å². The molecule has 14 heteroatoms. The van der Waals surface area contributed by atoms with E-state index in [9.17, 15) is 34.5 Å². The number of aromatic hydroxyl groups is 1. The first-order chi connectivity index (χ1) is 17.7. The molecule has 0 fully saturated rings. The summed E-state index contributed by atoms with van der Waals surface area (Å²) in [5.74, 6) is -4.03. The van der Waals surface area contributed by atoms with E-state index in [0.717, 1.165) is 0 Å². The number of benzene rings is 1. The highest BCUT2D eigenvalue weighted by Gasteiger charge is 2.32. The number of nitrogens with zero attached hydrogens (tertiary/aromatic N) is 1. The van der Waals surface area contributed by atoms with Crippen LogP contribution >= 0.6 is 0 Å². The standard InChI is InChI=1S/C24H39N7O7/c1-12(2)18(25)21(35)31-19(13(3)32)22(36)29-16(5-4-10-28-24(26)27)20(34)30-17(23(37)38)11-14-6-8-15(33)9-7-14/h6-9,12-13,16-19,32-33H,4-5,10-11,25H2,1-3H3,(H,29,36)(H,30,34)(H,31,35)(H,37,38)(H4,26,27,28). The van der Waals surface area contributed by atoms with Gasteiger partial charge in [-0.1, -0.05) is 26.0 Å². The van der Waals surface area contributed by atoms with Crippen LogP contribution in [0.15, 0.2) is 29.3 Å². The summed E-state index contributed by atoms with van der Waals surface area (Å²) in [6.07, 6.45) is -1.15. The summed E-state index contributed by atoms with van der Waals surface area (Å²) in [6, 6.07) is 0.867. The zero-order chi connectivity index (χ0) is 29.0. The number of rotatable bonds is 15. The normalized spacial score (nSPS) is 14.9. The predicted octanol–water partition coefficient (Wildman–Crippen LogP) is -2.11. The Morgan fingerprint density at radius 3 is 2.00 bits per heavy atom. The van der Waals surface area contributed by atoms with Gasteiger partial charge in [0.15, 0.2) is 5.96 Å². The van der Waals surface area contributed by atoms with Crippen LogP contribution < -0.4 is 33.2 Å². The lowest BCUT2D eigenvalue weighted by Gasteiger charge is -2.27. The molecule has 0 aliphatic heterocycles. The summed E-state index contributed by atoms with van der Waals surface area (Å²) in [7, 11) is 0. The van der Waals surface area contributed by atoms with Crippen molar-refractivity contribution >= 4 is 29.7 Å². The third-order valence-corrected chi connectivity index (χ3v) is 5.65. The van der Waals surface area contributed by atoms with Gasteiger partial charge in [0.1, 0.15) is 23.9 Å². The van der Waals surface area contributed by atoms with Gasteiger partial charge in [-0.3, -0.25) is 19.4 Å². The topological polar surface area (TPSA) is 255 Å². The zero-order valence-corrected chi connectivity index (χ0v) is 21.8. The number of carbonyl (C=O) groups excluding carboxylic acids is 3. The number of guanidine groups is 1. The lowest BCUT2D eigenvalue weighted by molar-refractivity contribution is -0.142. The van der Waals surface area contributed by atoms with Crippen LogP contribution in [-0.4, -0.2) is 81.8 Å². The fourth-order valence-electron chi connectivity index (χ4n) is 3.33. The molecule has 1 aromatic carbocycles. The zero-order valence-electron chi connectivity index (χ0n) is 21.8. The van der Waals surface area contributed by atoms with E-state index < -0.39 is 54.0 Å². The van der Waals surface area contributed by atoms with Gasteiger partial charge < -0.3 is 48.5 Å². The SMILES string of the molecule is CC(C)C(N)C(=O)NC(C(=O)NC(CCCN=C(N)N)C(=O)NC(Cc1ccc(O)cc1)C(=O)O)C(C)O. The second-order valence-corrected chi connectivity index (χ2v) is 9.28.